The van der Waals surface area contributed by atoms with Gasteiger partial charge in [-0.2, -0.15) is 27.9 Å². The third-order valence-corrected chi connectivity index (χ3v) is 13.5. The molecule has 14 rings (SSSR count). The van der Waals surface area contributed by atoms with Crippen molar-refractivity contribution in [2.45, 2.75) is 0 Å². The van der Waals surface area contributed by atoms with Gasteiger partial charge in [-0.1, -0.05) is 72.2 Å². The number of nitrogens with one attached hydrogen (secondary N) is 1. The first-order chi connectivity index (χ1) is 44.1. The van der Waals surface area contributed by atoms with Gasteiger partial charge in [-0.3, -0.25) is 19.2 Å². The first-order valence-corrected chi connectivity index (χ1v) is 28.5. The molecule has 0 amide bonds. The number of hydrogen-bond acceptors (Lipinski definition) is 11. The quantitative estimate of drug-likeness (QED) is 0.0545. The van der Waals surface area contributed by atoms with E-state index in [4.69, 9.17) is 15.0 Å². The predicted molar refractivity (Wildman–Crippen MR) is 321 cm³/mol. The molecule has 14 aromatic rings. The van der Waals surface area contributed by atoms with Gasteiger partial charge in [-0.05, 0) is 83.9 Å². The summed E-state index contributed by atoms with van der Waals surface area (Å²) in [5.74, 6) is 4.36. The number of aromatic nitrogens is 10. The minimum atomic E-state index is -1.56. The van der Waals surface area contributed by atoms with Crippen molar-refractivity contribution in [2.24, 2.45) is 61.1 Å². The van der Waals surface area contributed by atoms with Crippen molar-refractivity contribution in [3.63, 3.8) is 0 Å². The smallest absolute Gasteiger partial charge is 0.509 e. The number of ether oxygens (including phenoxy) is 2. The zero-order valence-corrected chi connectivity index (χ0v) is 50.8. The summed E-state index contributed by atoms with van der Waals surface area (Å²) in [6.45, 7) is 0. The molecule has 0 aliphatic rings. The number of pyridine rings is 4. The van der Waals surface area contributed by atoms with Gasteiger partial charge < -0.3 is 14.0 Å². The van der Waals surface area contributed by atoms with E-state index in [1.54, 1.807) is 23.3 Å². The average Bonchev–Trinajstić information content (AvgIpc) is 1.65. The van der Waals surface area contributed by atoms with Crippen molar-refractivity contribution >= 4 is 43.6 Å². The molecule has 28 heteroatoms. The molecule has 0 atom stereocenters. The third kappa shape index (κ3) is 14.2. The van der Waals surface area contributed by atoms with Crippen LogP contribution in [0.2, 0.25) is 0 Å². The van der Waals surface area contributed by atoms with E-state index in [9.17, 15) is 3.40 Å². The van der Waals surface area contributed by atoms with Crippen LogP contribution in [0.3, 0.4) is 0 Å². The Kier molecular flexibility index (Phi) is 19.6. The van der Waals surface area contributed by atoms with Gasteiger partial charge in [-0.15, -0.1) is 35.7 Å². The van der Waals surface area contributed by atoms with Crippen LogP contribution in [0.5, 0.6) is 23.0 Å². The van der Waals surface area contributed by atoms with Crippen LogP contribution in [0.25, 0.3) is 88.9 Å². The maximum absolute atomic E-state index is 9.80. The second-order valence-corrected chi connectivity index (χ2v) is 19.3. The van der Waals surface area contributed by atoms with Crippen LogP contribution in [-0.4, -0.2) is 48.6 Å². The number of para-hydroxylation sites is 2. The first-order valence-electron chi connectivity index (χ1n) is 26.6. The van der Waals surface area contributed by atoms with Crippen LogP contribution in [0.1, 0.15) is 0 Å². The molecule has 8 aromatic heterocycles. The monoisotopic (exact) mass is 1550 g/mol. The van der Waals surface area contributed by atoms with Gasteiger partial charge in [0.1, 0.15) is 23.1 Å². The van der Waals surface area contributed by atoms with E-state index in [0.717, 1.165) is 95.0 Å². The fraction of sp³-hybridized carbons (Fsp3) is 0. The maximum atomic E-state index is 9.80. The summed E-state index contributed by atoms with van der Waals surface area (Å²) in [7, 11) is 0. The maximum Gasteiger partial charge on any atom is 2.00 e. The Bertz CT molecular complexity index is 4700. The van der Waals surface area contributed by atoms with E-state index in [1.165, 1.54) is 5.39 Å². The first kappa shape index (κ1) is 59.8. The second-order valence-electron chi connectivity index (χ2n) is 18.4. The fourth-order valence-electron chi connectivity index (χ4n) is 9.45. The Balaban J connectivity index is 0.000000151. The summed E-state index contributed by atoms with van der Waals surface area (Å²) in [6.07, 6.45) is 18.4. The Hall–Kier alpha value is -11.9. The molecule has 8 heterocycles. The molecule has 26 nitrogen and oxygen atoms in total. The number of fused-ring (bicyclic) bond motifs is 6. The van der Waals surface area contributed by atoms with Crippen LogP contribution in [0.4, 0.5) is 0 Å². The molecule has 90 heavy (non-hydrogen) atoms. The summed E-state index contributed by atoms with van der Waals surface area (Å²) in [5.41, 5.74) is 16.0. The van der Waals surface area contributed by atoms with E-state index in [0.29, 0.717) is 11.5 Å². The molecule has 0 aliphatic carbocycles. The largest absolute Gasteiger partial charge is 2.00 e. The van der Waals surface area contributed by atoms with Gasteiger partial charge in [0.15, 0.2) is 0 Å². The Labute approximate surface area is 532 Å². The Morgan fingerprint density at radius 3 is 1.66 bits per heavy atom. The van der Waals surface area contributed by atoms with Crippen molar-refractivity contribution in [3.8, 4) is 68.3 Å². The molecule has 6 aromatic carbocycles. The fourth-order valence-corrected chi connectivity index (χ4v) is 9.62. The summed E-state index contributed by atoms with van der Waals surface area (Å²) < 4.78 is 33.3. The summed E-state index contributed by atoms with van der Waals surface area (Å²) in [4.78, 5) is 17.6. The molecular formula is C62H41N23O3Pt2. The van der Waals surface area contributed by atoms with E-state index >= 15 is 0 Å². The van der Waals surface area contributed by atoms with Crippen LogP contribution >= 0.6 is 0 Å². The normalized spacial score (nSPS) is 11.4. The molecular weight excluding hydrogens is 1500 g/mol. The SMILES string of the molecule is N=N/N=N/N=N/N=N/N=N/N=N/[N]=[Pt]=[O].[Pt+2].[c-]1c(Oc2[c-]c3c(cc2)c2ccccc2n3-c2ccccn2)cccc1-n1cc(-c2cccnc2)cn1.c1ccc(-n2c3ccccc3c3ccc(Oc4cccc(-n5cc(-c6cccnc6)cn5)c4)cc32)nc1. The average molecular weight is 1550 g/mol. The van der Waals surface area contributed by atoms with Crippen molar-refractivity contribution in [2.75, 3.05) is 0 Å². The summed E-state index contributed by atoms with van der Waals surface area (Å²) in [5, 5.41) is 45.2. The number of benzene rings is 6. The van der Waals surface area contributed by atoms with Crippen LogP contribution in [-0.2, 0) is 42.8 Å². The van der Waals surface area contributed by atoms with Gasteiger partial charge in [0.2, 0.25) is 0 Å². The molecule has 0 saturated carbocycles. The molecule has 0 aliphatic heterocycles. The van der Waals surface area contributed by atoms with Crippen molar-refractivity contribution < 1.29 is 52.3 Å². The van der Waals surface area contributed by atoms with Gasteiger partial charge in [0.25, 0.3) is 0 Å². The van der Waals surface area contributed by atoms with Gasteiger partial charge >= 0.3 is 104 Å². The standard InChI is InChI=1S/C31H21N5O.C31H19N5O.HN13.O.2Pt/c2*1-2-11-29-27(10-1)28-14-13-26(18-30(28)36(29)31-12-3-4-16-33-31)37-25-9-5-8-24(17-25)35-21-23(20-34-35)22-7-6-15-32-19-22;1-3-5-7-9-11-13-12-10-8-6-4-2;;;/h1-21H;1-16,19-21H;1H;;;/q;-2;;;;+2/b;;3-1?,6-4+,7-5+,10-8+,11-9+,13-12+;;;. The van der Waals surface area contributed by atoms with E-state index in [2.05, 4.69) is 167 Å². The molecule has 0 fully saturated rings. The van der Waals surface area contributed by atoms with Crippen LogP contribution < -0.4 is 9.47 Å². The molecule has 0 bridgehead atoms. The van der Waals surface area contributed by atoms with Crippen LogP contribution in [0, 0.1) is 17.7 Å². The van der Waals surface area contributed by atoms with Crippen molar-refractivity contribution in [1.29, 1.82) is 5.53 Å². The van der Waals surface area contributed by atoms with E-state index in [1.807, 2.05) is 175 Å². The number of rotatable bonds is 16. The molecule has 1 N–H and O–H groups in total. The van der Waals surface area contributed by atoms with E-state index < -0.39 is 18.3 Å². The van der Waals surface area contributed by atoms with Gasteiger partial charge in [-0.25, -0.2) is 14.6 Å². The van der Waals surface area contributed by atoms with Crippen LogP contribution in [0.15, 0.2) is 305 Å². The molecule has 0 radical (unpaired) electrons. The minimum absolute atomic E-state index is 0. The van der Waals surface area contributed by atoms with Crippen molar-refractivity contribution in [3.05, 3.63) is 256 Å². The van der Waals surface area contributed by atoms with E-state index in [-0.39, 0.29) is 21.1 Å². The van der Waals surface area contributed by atoms with Crippen molar-refractivity contribution in [1.82, 2.24) is 48.6 Å². The molecule has 0 unspecified atom stereocenters. The third-order valence-electron chi connectivity index (χ3n) is 13.1. The molecule has 0 saturated heterocycles. The summed E-state index contributed by atoms with van der Waals surface area (Å²) in [6, 6.07) is 67.0. The minimum Gasteiger partial charge on any atom is -0.509 e. The number of hydrogen-bond donors (Lipinski definition) is 1. The molecule has 442 valence electrons. The van der Waals surface area contributed by atoms with Gasteiger partial charge in [0, 0.05) is 112 Å². The zero-order valence-electron chi connectivity index (χ0n) is 46.3. The summed E-state index contributed by atoms with van der Waals surface area (Å²) >= 11 is -1.56. The Morgan fingerprint density at radius 2 is 1.00 bits per heavy atom. The molecule has 0 spiro atoms. The second kappa shape index (κ2) is 29.5. The Morgan fingerprint density at radius 1 is 0.433 bits per heavy atom. The topological polar surface area (TPSA) is 305 Å². The van der Waals surface area contributed by atoms with Gasteiger partial charge in [0.05, 0.1) is 29.1 Å². The zero-order chi connectivity index (χ0) is 60.4. The number of nitrogens with zero attached hydrogens (tertiary/aromatic N) is 22. The predicted octanol–water partition coefficient (Wildman–Crippen LogP) is 16.4.